The lowest BCUT2D eigenvalue weighted by Gasteiger charge is -2.36. The van der Waals surface area contributed by atoms with Gasteiger partial charge in [-0.15, -0.1) is 0 Å². The number of aromatic nitrogens is 6. The molecule has 0 saturated carbocycles. The molecule has 0 bridgehead atoms. The summed E-state index contributed by atoms with van der Waals surface area (Å²) in [4.78, 5) is 26.4. The van der Waals surface area contributed by atoms with E-state index in [-0.39, 0.29) is 11.3 Å². The number of amides is 1. The summed E-state index contributed by atoms with van der Waals surface area (Å²) >= 11 is 0. The van der Waals surface area contributed by atoms with Crippen LogP contribution in [0.15, 0.2) is 49.2 Å². The first-order valence-electron chi connectivity index (χ1n) is 11.6. The van der Waals surface area contributed by atoms with E-state index in [0.29, 0.717) is 6.42 Å². The van der Waals surface area contributed by atoms with Gasteiger partial charge in [-0.05, 0) is 23.6 Å². The Bertz CT molecular complexity index is 1310. The van der Waals surface area contributed by atoms with Gasteiger partial charge in [-0.3, -0.25) is 9.48 Å². The quantitative estimate of drug-likeness (QED) is 0.467. The molecule has 0 N–H and O–H groups in total. The molecule has 9 nitrogen and oxygen atoms in total. The Kier molecular flexibility index (Phi) is 5.55. The molecule has 1 aliphatic heterocycles. The van der Waals surface area contributed by atoms with Gasteiger partial charge in [-0.25, -0.2) is 14.5 Å². The molecule has 0 unspecified atom stereocenters. The van der Waals surface area contributed by atoms with Crippen molar-refractivity contribution in [3.8, 4) is 22.5 Å². The van der Waals surface area contributed by atoms with E-state index in [0.717, 1.165) is 60.0 Å². The number of pyridine rings is 1. The summed E-state index contributed by atoms with van der Waals surface area (Å²) in [6.45, 7) is 9.32. The van der Waals surface area contributed by atoms with Crippen molar-refractivity contribution in [1.82, 2.24) is 34.3 Å². The van der Waals surface area contributed by atoms with Gasteiger partial charge in [0.1, 0.15) is 5.82 Å². The molecule has 34 heavy (non-hydrogen) atoms. The molecule has 5 rings (SSSR count). The molecule has 1 fully saturated rings. The van der Waals surface area contributed by atoms with E-state index >= 15 is 0 Å². The van der Waals surface area contributed by atoms with Crippen LogP contribution in [0.25, 0.3) is 28.0 Å². The van der Waals surface area contributed by atoms with E-state index in [1.807, 2.05) is 47.2 Å². The lowest BCUT2D eigenvalue weighted by Crippen LogP contribution is -2.49. The molecule has 4 aromatic rings. The average Bonchev–Trinajstić information content (AvgIpc) is 3.46. The first kappa shape index (κ1) is 22.1. The van der Waals surface area contributed by atoms with Crippen LogP contribution in [0, 0.1) is 5.41 Å². The van der Waals surface area contributed by atoms with Crippen LogP contribution in [-0.4, -0.2) is 66.3 Å². The number of aryl methyl sites for hydroxylation is 1. The molecule has 0 aromatic carbocycles. The van der Waals surface area contributed by atoms with Crippen LogP contribution in [0.4, 0.5) is 5.82 Å². The maximum absolute atomic E-state index is 12.5. The van der Waals surface area contributed by atoms with E-state index in [4.69, 9.17) is 9.97 Å². The second kappa shape index (κ2) is 8.55. The van der Waals surface area contributed by atoms with Crippen molar-refractivity contribution >= 4 is 17.2 Å². The number of hydrogen-bond donors (Lipinski definition) is 0. The Morgan fingerprint density at radius 2 is 1.76 bits per heavy atom. The highest BCUT2D eigenvalue weighted by molar-refractivity contribution is 5.79. The summed E-state index contributed by atoms with van der Waals surface area (Å²) in [5, 5.41) is 8.69. The third kappa shape index (κ3) is 4.50. The number of anilines is 1. The largest absolute Gasteiger partial charge is 0.353 e. The first-order valence-corrected chi connectivity index (χ1v) is 11.6. The highest BCUT2D eigenvalue weighted by Crippen LogP contribution is 2.28. The number of piperazine rings is 1. The topological polar surface area (TPSA) is 84.5 Å². The minimum atomic E-state index is 0.00883. The van der Waals surface area contributed by atoms with E-state index in [1.54, 1.807) is 17.1 Å². The van der Waals surface area contributed by atoms with Crippen LogP contribution in [0.1, 0.15) is 27.2 Å². The fourth-order valence-corrected chi connectivity index (χ4v) is 4.30. The Balaban J connectivity index is 1.34. The summed E-state index contributed by atoms with van der Waals surface area (Å²) in [6, 6.07) is 6.05. The Labute approximate surface area is 199 Å². The number of carbonyl (C=O) groups excluding carboxylic acids is 1. The predicted octanol–water partition coefficient (Wildman–Crippen LogP) is 3.28. The molecule has 9 heteroatoms. The molecular weight excluding hydrogens is 428 g/mol. The third-order valence-corrected chi connectivity index (χ3v) is 6.05. The zero-order chi connectivity index (χ0) is 23.9. The van der Waals surface area contributed by atoms with Crippen LogP contribution in [-0.2, 0) is 11.8 Å². The van der Waals surface area contributed by atoms with Crippen LogP contribution in [0.2, 0.25) is 0 Å². The highest BCUT2D eigenvalue weighted by Gasteiger charge is 2.25. The van der Waals surface area contributed by atoms with Crippen LogP contribution >= 0.6 is 0 Å². The fourth-order valence-electron chi connectivity index (χ4n) is 4.30. The Hall–Kier alpha value is -3.75. The van der Waals surface area contributed by atoms with Gasteiger partial charge < -0.3 is 9.80 Å². The van der Waals surface area contributed by atoms with Crippen molar-refractivity contribution in [3.63, 3.8) is 0 Å². The Morgan fingerprint density at radius 1 is 0.971 bits per heavy atom. The van der Waals surface area contributed by atoms with Gasteiger partial charge in [0.2, 0.25) is 5.91 Å². The van der Waals surface area contributed by atoms with E-state index in [1.165, 1.54) is 0 Å². The van der Waals surface area contributed by atoms with Crippen LogP contribution < -0.4 is 4.90 Å². The highest BCUT2D eigenvalue weighted by atomic mass is 16.2. The van der Waals surface area contributed by atoms with Gasteiger partial charge in [0, 0.05) is 63.2 Å². The number of rotatable bonds is 4. The second-order valence-corrected chi connectivity index (χ2v) is 10.0. The van der Waals surface area contributed by atoms with E-state index < -0.39 is 0 Å². The summed E-state index contributed by atoms with van der Waals surface area (Å²) in [5.41, 5.74) is 4.43. The van der Waals surface area contributed by atoms with Crippen molar-refractivity contribution in [2.24, 2.45) is 12.5 Å². The van der Waals surface area contributed by atoms with Crippen molar-refractivity contribution < 1.29 is 4.79 Å². The molecule has 0 aliphatic carbocycles. The lowest BCUT2D eigenvalue weighted by atomic mass is 9.91. The van der Waals surface area contributed by atoms with Crippen molar-refractivity contribution in [2.45, 2.75) is 27.2 Å². The monoisotopic (exact) mass is 458 g/mol. The van der Waals surface area contributed by atoms with Crippen molar-refractivity contribution in [2.75, 3.05) is 31.1 Å². The van der Waals surface area contributed by atoms with E-state index in [2.05, 4.69) is 41.9 Å². The number of fused-ring (bicyclic) bond motifs is 1. The number of nitrogens with zero attached hydrogens (tertiary/aromatic N) is 8. The predicted molar refractivity (Wildman–Crippen MR) is 131 cm³/mol. The van der Waals surface area contributed by atoms with Gasteiger partial charge in [-0.1, -0.05) is 20.8 Å². The molecule has 0 atom stereocenters. The Morgan fingerprint density at radius 3 is 2.41 bits per heavy atom. The maximum atomic E-state index is 12.5. The summed E-state index contributed by atoms with van der Waals surface area (Å²) in [7, 11) is 1.89. The van der Waals surface area contributed by atoms with Crippen molar-refractivity contribution in [1.29, 1.82) is 0 Å². The van der Waals surface area contributed by atoms with Crippen LogP contribution in [0.3, 0.4) is 0 Å². The SMILES string of the molecule is Cn1cc(-c2cn3nccc3c(-c3ccc(N4CCN(C(=O)CC(C)(C)C)CC4)nc3)n2)cn1. The number of carbonyl (C=O) groups is 1. The summed E-state index contributed by atoms with van der Waals surface area (Å²) < 4.78 is 3.60. The molecule has 176 valence electrons. The molecule has 1 amide bonds. The molecule has 0 radical (unpaired) electrons. The number of hydrogen-bond acceptors (Lipinski definition) is 6. The first-order chi connectivity index (χ1) is 16.3. The molecule has 5 heterocycles. The van der Waals surface area contributed by atoms with Gasteiger partial charge in [0.25, 0.3) is 0 Å². The molecule has 1 saturated heterocycles. The standard InChI is InChI=1S/C25H30N8O/c1-25(2,3)13-23(34)32-11-9-31(10-12-32)22-6-5-18(14-26-22)24-21-7-8-27-33(21)17-20(29-24)19-15-28-30(4)16-19/h5-8,14-17H,9-13H2,1-4H3. The van der Waals surface area contributed by atoms with Gasteiger partial charge in [0.05, 0.1) is 35.5 Å². The molecule has 0 spiro atoms. The fraction of sp³-hybridized carbons (Fsp3) is 0.400. The lowest BCUT2D eigenvalue weighted by molar-refractivity contribution is -0.133. The van der Waals surface area contributed by atoms with Crippen LogP contribution in [0.5, 0.6) is 0 Å². The zero-order valence-electron chi connectivity index (χ0n) is 20.1. The summed E-state index contributed by atoms with van der Waals surface area (Å²) in [5.74, 6) is 1.15. The minimum absolute atomic E-state index is 0.00883. The smallest absolute Gasteiger partial charge is 0.223 e. The zero-order valence-corrected chi connectivity index (χ0v) is 20.1. The summed E-state index contributed by atoms with van der Waals surface area (Å²) in [6.07, 6.45) is 9.88. The molecule has 4 aromatic heterocycles. The third-order valence-electron chi connectivity index (χ3n) is 6.05. The van der Waals surface area contributed by atoms with Crippen molar-refractivity contribution in [3.05, 3.63) is 49.2 Å². The van der Waals surface area contributed by atoms with Gasteiger partial charge >= 0.3 is 0 Å². The minimum Gasteiger partial charge on any atom is -0.353 e. The molecule has 1 aliphatic rings. The van der Waals surface area contributed by atoms with Gasteiger partial charge in [0.15, 0.2) is 0 Å². The average molecular weight is 459 g/mol. The second-order valence-electron chi connectivity index (χ2n) is 10.0. The normalized spacial score (nSPS) is 14.7. The molecular formula is C25H30N8O. The maximum Gasteiger partial charge on any atom is 0.223 e. The van der Waals surface area contributed by atoms with Gasteiger partial charge in [-0.2, -0.15) is 10.2 Å². The van der Waals surface area contributed by atoms with E-state index in [9.17, 15) is 4.79 Å².